The number of carbonyl (C=O) groups is 2. The summed E-state index contributed by atoms with van der Waals surface area (Å²) in [5.74, 6) is -0.937. The quantitative estimate of drug-likeness (QED) is 0.714. The highest BCUT2D eigenvalue weighted by Gasteiger charge is 2.37. The summed E-state index contributed by atoms with van der Waals surface area (Å²) < 4.78 is 0. The van der Waals surface area contributed by atoms with Crippen LogP contribution in [0.25, 0.3) is 0 Å². The lowest BCUT2D eigenvalue weighted by molar-refractivity contribution is -0.120. The topological polar surface area (TPSA) is 91.6 Å². The number of anilines is 2. The third kappa shape index (κ3) is 3.89. The molecule has 2 aliphatic heterocycles. The first kappa shape index (κ1) is 20.3. The van der Waals surface area contributed by atoms with Crippen molar-refractivity contribution in [2.45, 2.75) is 32.4 Å². The smallest absolute Gasteiger partial charge is 0.230 e. The molecule has 7 nitrogen and oxygen atoms in total. The zero-order valence-electron chi connectivity index (χ0n) is 17.6. The summed E-state index contributed by atoms with van der Waals surface area (Å²) in [6.45, 7) is 4.87. The van der Waals surface area contributed by atoms with Crippen molar-refractivity contribution in [1.29, 1.82) is 0 Å². The summed E-state index contributed by atoms with van der Waals surface area (Å²) in [4.78, 5) is 33.9. The number of pyridine rings is 1. The highest BCUT2D eigenvalue weighted by molar-refractivity contribution is 6.13. The molecule has 1 saturated heterocycles. The van der Waals surface area contributed by atoms with Crippen molar-refractivity contribution < 1.29 is 9.59 Å². The predicted octanol–water partition coefficient (Wildman–Crippen LogP) is 2.27. The predicted molar refractivity (Wildman–Crippen MR) is 118 cm³/mol. The SMILES string of the molecule is CNC(C)c1ccc(CN2CC(C(N)=O)C(=O)c3nc(N4CCCC4)ccc32)cc1. The second kappa shape index (κ2) is 8.44. The van der Waals surface area contributed by atoms with Gasteiger partial charge in [0.15, 0.2) is 5.78 Å². The first-order valence-electron chi connectivity index (χ1n) is 10.6. The number of aromatic nitrogens is 1. The van der Waals surface area contributed by atoms with Crippen LogP contribution in [0.3, 0.4) is 0 Å². The fraction of sp³-hybridized carbons (Fsp3) is 0.435. The van der Waals surface area contributed by atoms with Crippen LogP contribution < -0.4 is 20.9 Å². The lowest BCUT2D eigenvalue weighted by Gasteiger charge is -2.34. The molecule has 4 rings (SSSR count). The minimum absolute atomic E-state index is 0.270. The third-order valence-electron chi connectivity index (χ3n) is 6.21. The zero-order valence-corrected chi connectivity index (χ0v) is 17.6. The largest absolute Gasteiger partial charge is 0.369 e. The van der Waals surface area contributed by atoms with E-state index in [4.69, 9.17) is 5.73 Å². The average Bonchev–Trinajstić information content (AvgIpc) is 3.30. The Kier molecular flexibility index (Phi) is 5.72. The molecule has 3 N–H and O–H groups in total. The monoisotopic (exact) mass is 407 g/mol. The molecule has 1 aromatic carbocycles. The molecule has 0 aliphatic carbocycles. The molecule has 2 atom stereocenters. The minimum atomic E-state index is -0.873. The molecular formula is C23H29N5O2. The highest BCUT2D eigenvalue weighted by Crippen LogP contribution is 2.32. The van der Waals surface area contributed by atoms with Gasteiger partial charge in [-0.2, -0.15) is 0 Å². The number of fused-ring (bicyclic) bond motifs is 1. The molecule has 7 heteroatoms. The molecule has 0 radical (unpaired) electrons. The first-order chi connectivity index (χ1) is 14.5. The molecule has 1 aromatic heterocycles. The van der Waals surface area contributed by atoms with Crippen LogP contribution in [0.2, 0.25) is 0 Å². The fourth-order valence-electron chi connectivity index (χ4n) is 4.23. The van der Waals surface area contributed by atoms with Gasteiger partial charge in [0, 0.05) is 32.2 Å². The van der Waals surface area contributed by atoms with Crippen molar-refractivity contribution in [2.75, 3.05) is 36.5 Å². The van der Waals surface area contributed by atoms with E-state index in [-0.39, 0.29) is 18.4 Å². The number of hydrogen-bond acceptors (Lipinski definition) is 6. The van der Waals surface area contributed by atoms with E-state index in [9.17, 15) is 9.59 Å². The number of rotatable bonds is 6. The van der Waals surface area contributed by atoms with Crippen LogP contribution in [0.5, 0.6) is 0 Å². The van der Waals surface area contributed by atoms with Crippen LogP contribution >= 0.6 is 0 Å². The lowest BCUT2D eigenvalue weighted by Crippen LogP contribution is -2.45. The van der Waals surface area contributed by atoms with Crippen LogP contribution in [-0.4, -0.2) is 43.4 Å². The van der Waals surface area contributed by atoms with E-state index in [1.54, 1.807) is 0 Å². The molecule has 2 unspecified atom stereocenters. The molecule has 1 fully saturated rings. The van der Waals surface area contributed by atoms with Gasteiger partial charge in [0.1, 0.15) is 17.4 Å². The van der Waals surface area contributed by atoms with Gasteiger partial charge >= 0.3 is 0 Å². The summed E-state index contributed by atoms with van der Waals surface area (Å²) >= 11 is 0. The van der Waals surface area contributed by atoms with Gasteiger partial charge in [-0.1, -0.05) is 24.3 Å². The Morgan fingerprint density at radius 1 is 1.20 bits per heavy atom. The van der Waals surface area contributed by atoms with E-state index in [1.807, 2.05) is 24.1 Å². The number of nitrogens with zero attached hydrogens (tertiary/aromatic N) is 3. The van der Waals surface area contributed by atoms with Crippen LogP contribution in [0.15, 0.2) is 36.4 Å². The maximum atomic E-state index is 13.0. The van der Waals surface area contributed by atoms with Crippen molar-refractivity contribution in [3.8, 4) is 0 Å². The van der Waals surface area contributed by atoms with E-state index in [1.165, 1.54) is 5.56 Å². The maximum Gasteiger partial charge on any atom is 0.230 e. The van der Waals surface area contributed by atoms with Gasteiger partial charge < -0.3 is 20.9 Å². The van der Waals surface area contributed by atoms with E-state index in [0.717, 1.165) is 43.0 Å². The van der Waals surface area contributed by atoms with Crippen molar-refractivity contribution >= 4 is 23.2 Å². The number of ketones is 1. The van der Waals surface area contributed by atoms with Crippen LogP contribution in [-0.2, 0) is 11.3 Å². The van der Waals surface area contributed by atoms with Crippen LogP contribution in [0, 0.1) is 5.92 Å². The van der Waals surface area contributed by atoms with Gasteiger partial charge in [-0.15, -0.1) is 0 Å². The summed E-state index contributed by atoms with van der Waals surface area (Å²) in [7, 11) is 1.94. The van der Waals surface area contributed by atoms with E-state index in [2.05, 4.69) is 46.4 Å². The Bertz CT molecular complexity index is 937. The summed E-state index contributed by atoms with van der Waals surface area (Å²) in [6.07, 6.45) is 2.26. The number of Topliss-reactive ketones (excluding diaryl/α,β-unsaturated/α-hetero) is 1. The highest BCUT2D eigenvalue weighted by atomic mass is 16.2. The number of carbonyl (C=O) groups excluding carboxylic acids is 2. The Hall–Kier alpha value is -2.93. The lowest BCUT2D eigenvalue weighted by atomic mass is 9.93. The van der Waals surface area contributed by atoms with Crippen molar-refractivity contribution in [2.24, 2.45) is 11.7 Å². The molecule has 0 saturated carbocycles. The van der Waals surface area contributed by atoms with Gasteiger partial charge in [-0.25, -0.2) is 4.98 Å². The van der Waals surface area contributed by atoms with Gasteiger partial charge in [0.25, 0.3) is 0 Å². The van der Waals surface area contributed by atoms with Crippen molar-refractivity contribution in [3.63, 3.8) is 0 Å². The van der Waals surface area contributed by atoms with Crippen LogP contribution in [0.4, 0.5) is 11.5 Å². The molecule has 2 aliphatic rings. The number of nitrogens with two attached hydrogens (primary N) is 1. The fourth-order valence-corrected chi connectivity index (χ4v) is 4.23. The molecule has 0 bridgehead atoms. The third-order valence-corrected chi connectivity index (χ3v) is 6.21. The number of nitrogens with one attached hydrogen (secondary N) is 1. The van der Waals surface area contributed by atoms with Crippen molar-refractivity contribution in [3.05, 3.63) is 53.2 Å². The first-order valence-corrected chi connectivity index (χ1v) is 10.6. The maximum absolute atomic E-state index is 13.0. The molecule has 0 spiro atoms. The number of amides is 1. The second-order valence-electron chi connectivity index (χ2n) is 8.18. The Morgan fingerprint density at radius 2 is 1.90 bits per heavy atom. The molecule has 158 valence electrons. The normalized spacial score (nSPS) is 19.7. The van der Waals surface area contributed by atoms with Gasteiger partial charge in [-0.05, 0) is 50.1 Å². The Balaban J connectivity index is 1.64. The van der Waals surface area contributed by atoms with Gasteiger partial charge in [0.05, 0.1) is 5.69 Å². The number of hydrogen-bond donors (Lipinski definition) is 2. The van der Waals surface area contributed by atoms with E-state index >= 15 is 0 Å². The number of benzene rings is 1. The minimum Gasteiger partial charge on any atom is -0.369 e. The molecule has 3 heterocycles. The van der Waals surface area contributed by atoms with Gasteiger partial charge in [0.2, 0.25) is 5.91 Å². The summed E-state index contributed by atoms with van der Waals surface area (Å²) in [6, 6.07) is 12.6. The molecule has 30 heavy (non-hydrogen) atoms. The number of primary amides is 1. The van der Waals surface area contributed by atoms with E-state index in [0.29, 0.717) is 12.2 Å². The Labute approximate surface area is 177 Å². The summed E-state index contributed by atoms with van der Waals surface area (Å²) in [5.41, 5.74) is 9.01. The van der Waals surface area contributed by atoms with Gasteiger partial charge in [-0.3, -0.25) is 9.59 Å². The van der Waals surface area contributed by atoms with Crippen molar-refractivity contribution in [1.82, 2.24) is 10.3 Å². The second-order valence-corrected chi connectivity index (χ2v) is 8.18. The summed E-state index contributed by atoms with van der Waals surface area (Å²) in [5, 5.41) is 3.24. The Morgan fingerprint density at radius 3 is 2.53 bits per heavy atom. The average molecular weight is 408 g/mol. The molecular weight excluding hydrogens is 378 g/mol. The zero-order chi connectivity index (χ0) is 21.3. The van der Waals surface area contributed by atoms with Crippen LogP contribution in [0.1, 0.15) is 47.4 Å². The molecule has 1 amide bonds. The van der Waals surface area contributed by atoms with E-state index < -0.39 is 11.8 Å². The standard InChI is InChI=1S/C23H29N5O2/c1-15(25-2)17-7-5-16(6-8-17)13-28-14-18(23(24)30)22(29)21-19(28)9-10-20(26-21)27-11-3-4-12-27/h5-10,15,18,25H,3-4,11-14H2,1-2H3,(H2,24,30). The molecule has 2 aromatic rings.